The van der Waals surface area contributed by atoms with Crippen molar-refractivity contribution < 1.29 is 19.4 Å². The van der Waals surface area contributed by atoms with Crippen LogP contribution >= 0.6 is 0 Å². The number of carbonyl (C=O) groups is 1. The lowest BCUT2D eigenvalue weighted by Gasteiger charge is -2.63. The van der Waals surface area contributed by atoms with Gasteiger partial charge in [0.15, 0.2) is 11.5 Å². The number of fused-ring (bicyclic) bond motifs is 1. The second kappa shape index (κ2) is 6.10. The highest BCUT2D eigenvalue weighted by Gasteiger charge is 2.65. The molecular weight excluding hydrogens is 330 g/mol. The van der Waals surface area contributed by atoms with Crippen molar-refractivity contribution in [2.75, 3.05) is 27.3 Å². The summed E-state index contributed by atoms with van der Waals surface area (Å²) < 4.78 is 11.3. The summed E-state index contributed by atoms with van der Waals surface area (Å²) in [5, 5.41) is 12.0. The number of piperidine rings is 1. The summed E-state index contributed by atoms with van der Waals surface area (Å²) in [5.41, 5.74) is 0.609. The largest absolute Gasteiger partial charge is 0.493 e. The van der Waals surface area contributed by atoms with Crippen molar-refractivity contribution in [2.45, 2.75) is 49.2 Å². The molecule has 0 amide bonds. The molecule has 2 bridgehead atoms. The molecule has 1 saturated carbocycles. The molecule has 1 heterocycles. The molecule has 26 heavy (non-hydrogen) atoms. The lowest BCUT2D eigenvalue weighted by atomic mass is 9.49. The monoisotopic (exact) mass is 357 g/mol. The number of ether oxygens (including phenoxy) is 2. The van der Waals surface area contributed by atoms with Gasteiger partial charge in [0.2, 0.25) is 0 Å². The van der Waals surface area contributed by atoms with E-state index in [4.69, 9.17) is 9.47 Å². The number of hydrogen-bond acceptors (Lipinski definition) is 5. The van der Waals surface area contributed by atoms with Crippen LogP contribution < -0.4 is 9.47 Å². The van der Waals surface area contributed by atoms with Crippen molar-refractivity contribution in [1.29, 1.82) is 0 Å². The Labute approximate surface area is 154 Å². The predicted octanol–water partition coefficient (Wildman–Crippen LogP) is 2.24. The Morgan fingerprint density at radius 1 is 1.35 bits per heavy atom. The zero-order valence-electron chi connectivity index (χ0n) is 15.6. The van der Waals surface area contributed by atoms with Crippen molar-refractivity contribution in [1.82, 2.24) is 4.90 Å². The molecule has 5 heteroatoms. The quantitative estimate of drug-likeness (QED) is 0.838. The van der Waals surface area contributed by atoms with E-state index in [0.29, 0.717) is 30.8 Å². The summed E-state index contributed by atoms with van der Waals surface area (Å²) in [6.07, 6.45) is 4.70. The average molecular weight is 357 g/mol. The van der Waals surface area contributed by atoms with Gasteiger partial charge >= 0.3 is 0 Å². The maximum absolute atomic E-state index is 12.5. The Morgan fingerprint density at radius 2 is 2.15 bits per heavy atom. The van der Waals surface area contributed by atoms with Gasteiger partial charge in [0.1, 0.15) is 5.78 Å². The first-order chi connectivity index (χ1) is 12.5. The molecule has 2 fully saturated rings. The molecule has 140 valence electrons. The van der Waals surface area contributed by atoms with Gasteiger partial charge in [0.25, 0.3) is 0 Å². The maximum atomic E-state index is 12.5. The third kappa shape index (κ3) is 2.13. The highest BCUT2D eigenvalue weighted by atomic mass is 16.5. The third-order valence-electron chi connectivity index (χ3n) is 6.82. The van der Waals surface area contributed by atoms with E-state index in [1.807, 2.05) is 12.1 Å². The van der Waals surface area contributed by atoms with E-state index in [2.05, 4.69) is 17.5 Å². The summed E-state index contributed by atoms with van der Waals surface area (Å²) in [5.74, 6) is 1.56. The predicted molar refractivity (Wildman–Crippen MR) is 98.9 cm³/mol. The second-order valence-corrected chi connectivity index (χ2v) is 7.81. The first kappa shape index (κ1) is 17.6. The fourth-order valence-electron chi connectivity index (χ4n) is 5.71. The number of hydrogen-bond donors (Lipinski definition) is 1. The van der Waals surface area contributed by atoms with Crippen LogP contribution in [0.15, 0.2) is 24.8 Å². The standard InChI is InChI=1S/C21H27NO4/c1-4-10-22-11-9-20-13-15(23)7-8-21(20,24)17(22)12-14-5-6-16(25-2)19(26-3)18(14)20/h4-6,17,24H,1,7-13H2,2-3H3/t17-,20-,21-/m1/s1. The number of ketones is 1. The fourth-order valence-corrected chi connectivity index (χ4v) is 5.71. The van der Waals surface area contributed by atoms with Crippen LogP contribution in [0.5, 0.6) is 11.5 Å². The van der Waals surface area contributed by atoms with Crippen LogP contribution in [0.3, 0.4) is 0 Å². The smallest absolute Gasteiger partial charge is 0.164 e. The van der Waals surface area contributed by atoms with Gasteiger partial charge < -0.3 is 14.6 Å². The molecule has 1 aromatic rings. The SMILES string of the molecule is C=CCN1CC[C@]23CC(=O)CC[C@@]2(O)[C@H]1Cc1ccc(OC)c(OC)c13. The highest BCUT2D eigenvalue weighted by molar-refractivity contribution is 5.83. The van der Waals surface area contributed by atoms with E-state index in [1.54, 1.807) is 14.2 Å². The van der Waals surface area contributed by atoms with Crippen molar-refractivity contribution in [3.8, 4) is 11.5 Å². The number of carbonyl (C=O) groups excluding carboxylic acids is 1. The van der Waals surface area contributed by atoms with Gasteiger partial charge in [0.05, 0.1) is 19.8 Å². The molecule has 2 aliphatic carbocycles. The third-order valence-corrected chi connectivity index (χ3v) is 6.82. The lowest BCUT2D eigenvalue weighted by Crippen LogP contribution is -2.73. The molecule has 1 aliphatic heterocycles. The molecule has 4 rings (SSSR count). The molecule has 1 saturated heterocycles. The Balaban J connectivity index is 1.97. The normalized spacial score (nSPS) is 33.2. The van der Waals surface area contributed by atoms with Gasteiger partial charge in [-0.25, -0.2) is 0 Å². The minimum atomic E-state index is -0.936. The summed E-state index contributed by atoms with van der Waals surface area (Å²) in [6.45, 7) is 5.47. The van der Waals surface area contributed by atoms with Crippen molar-refractivity contribution in [2.24, 2.45) is 0 Å². The van der Waals surface area contributed by atoms with E-state index in [0.717, 1.165) is 37.1 Å². The number of benzene rings is 1. The molecule has 5 nitrogen and oxygen atoms in total. The molecule has 1 N–H and O–H groups in total. The number of methoxy groups -OCH3 is 2. The summed E-state index contributed by atoms with van der Waals surface area (Å²) in [4.78, 5) is 14.8. The van der Waals surface area contributed by atoms with Gasteiger partial charge in [-0.2, -0.15) is 0 Å². The van der Waals surface area contributed by atoms with Crippen molar-refractivity contribution >= 4 is 5.78 Å². The van der Waals surface area contributed by atoms with Crippen LogP contribution in [-0.4, -0.2) is 54.7 Å². The van der Waals surface area contributed by atoms with Crippen LogP contribution in [0, 0.1) is 0 Å². The average Bonchev–Trinajstić information content (AvgIpc) is 2.63. The van der Waals surface area contributed by atoms with E-state index in [9.17, 15) is 9.90 Å². The van der Waals surface area contributed by atoms with Crippen molar-refractivity contribution in [3.63, 3.8) is 0 Å². The van der Waals surface area contributed by atoms with Crippen LogP contribution in [-0.2, 0) is 16.6 Å². The second-order valence-electron chi connectivity index (χ2n) is 7.81. The zero-order chi connectivity index (χ0) is 18.5. The van der Waals surface area contributed by atoms with E-state index >= 15 is 0 Å². The molecule has 0 radical (unpaired) electrons. The van der Waals surface area contributed by atoms with Gasteiger partial charge in [-0.15, -0.1) is 6.58 Å². The number of likely N-dealkylation sites (tertiary alicyclic amines) is 1. The molecule has 3 aliphatic rings. The fraction of sp³-hybridized carbons (Fsp3) is 0.571. The van der Waals surface area contributed by atoms with Crippen LogP contribution in [0.2, 0.25) is 0 Å². The minimum Gasteiger partial charge on any atom is -0.493 e. The number of aliphatic hydroxyl groups is 1. The molecule has 0 aromatic heterocycles. The Hall–Kier alpha value is -1.85. The molecule has 0 unspecified atom stereocenters. The van der Waals surface area contributed by atoms with Crippen LogP contribution in [0.1, 0.15) is 36.8 Å². The maximum Gasteiger partial charge on any atom is 0.164 e. The first-order valence-corrected chi connectivity index (χ1v) is 9.34. The van der Waals surface area contributed by atoms with E-state index < -0.39 is 11.0 Å². The molecular formula is C21H27NO4. The van der Waals surface area contributed by atoms with Gasteiger partial charge in [0, 0.05) is 36.4 Å². The molecule has 1 aromatic carbocycles. The summed E-state index contributed by atoms with van der Waals surface area (Å²) in [6, 6.07) is 3.99. The van der Waals surface area contributed by atoms with Gasteiger partial charge in [-0.1, -0.05) is 12.1 Å². The van der Waals surface area contributed by atoms with E-state index in [1.165, 1.54) is 0 Å². The zero-order valence-corrected chi connectivity index (χ0v) is 15.6. The minimum absolute atomic E-state index is 0.00653. The van der Waals surface area contributed by atoms with Crippen molar-refractivity contribution in [3.05, 3.63) is 35.9 Å². The number of rotatable bonds is 4. The van der Waals surface area contributed by atoms with Gasteiger partial charge in [-0.3, -0.25) is 9.69 Å². The Kier molecular flexibility index (Phi) is 4.12. The summed E-state index contributed by atoms with van der Waals surface area (Å²) in [7, 11) is 3.26. The topological polar surface area (TPSA) is 59.0 Å². The molecule has 3 atom stereocenters. The number of Topliss-reactive ketones (excluding diaryl/α,β-unsaturated/α-hetero) is 1. The van der Waals surface area contributed by atoms with E-state index in [-0.39, 0.29) is 11.8 Å². The first-order valence-electron chi connectivity index (χ1n) is 9.34. The van der Waals surface area contributed by atoms with Crippen LogP contribution in [0.25, 0.3) is 0 Å². The summed E-state index contributed by atoms with van der Waals surface area (Å²) >= 11 is 0. The molecule has 0 spiro atoms. The van der Waals surface area contributed by atoms with Crippen LogP contribution in [0.4, 0.5) is 0 Å². The Morgan fingerprint density at radius 3 is 2.85 bits per heavy atom. The number of nitrogens with zero attached hydrogens (tertiary/aromatic N) is 1. The van der Waals surface area contributed by atoms with Gasteiger partial charge in [-0.05, 0) is 37.4 Å². The highest BCUT2D eigenvalue weighted by Crippen LogP contribution is 2.60. The Bertz CT molecular complexity index is 761. The lowest BCUT2D eigenvalue weighted by molar-refractivity contribution is -0.171.